The molecule has 1 saturated carbocycles. The van der Waals surface area contributed by atoms with Gasteiger partial charge >= 0.3 is 0 Å². The fourth-order valence-corrected chi connectivity index (χ4v) is 2.53. The minimum absolute atomic E-state index is 0.0485. The smallest absolute Gasteiger partial charge is 0.247 e. The first-order valence-electron chi connectivity index (χ1n) is 7.27. The van der Waals surface area contributed by atoms with Gasteiger partial charge in [-0.15, -0.1) is 0 Å². The molecule has 1 aromatic carbocycles. The van der Waals surface area contributed by atoms with E-state index in [1.165, 1.54) is 0 Å². The molecule has 0 saturated heterocycles. The number of benzene rings is 1. The zero-order valence-electron chi connectivity index (χ0n) is 12.2. The van der Waals surface area contributed by atoms with Crippen molar-refractivity contribution in [3.8, 4) is 0 Å². The summed E-state index contributed by atoms with van der Waals surface area (Å²) >= 11 is 0. The Morgan fingerprint density at radius 2 is 2.00 bits per heavy atom. The van der Waals surface area contributed by atoms with Crippen LogP contribution in [0.2, 0.25) is 0 Å². The van der Waals surface area contributed by atoms with Crippen molar-refractivity contribution in [1.29, 1.82) is 0 Å². The summed E-state index contributed by atoms with van der Waals surface area (Å²) in [7, 11) is 0. The maximum Gasteiger partial charge on any atom is 0.247 e. The predicted molar refractivity (Wildman–Crippen MR) is 80.3 cm³/mol. The number of furan rings is 1. The Morgan fingerprint density at radius 1 is 1.29 bits per heavy atom. The van der Waals surface area contributed by atoms with E-state index in [1.54, 1.807) is 13.2 Å². The lowest BCUT2D eigenvalue weighted by Gasteiger charge is -2.32. The molecule has 110 valence electrons. The minimum atomic E-state index is -1.02. The van der Waals surface area contributed by atoms with E-state index in [0.717, 1.165) is 24.2 Å². The van der Waals surface area contributed by atoms with Crippen LogP contribution < -0.4 is 5.73 Å². The molecule has 4 heteroatoms. The predicted octanol–water partition coefficient (Wildman–Crippen LogP) is 2.64. The molecular formula is C17H20N2O2. The topological polar surface area (TPSA) is 59.5 Å². The highest BCUT2D eigenvalue weighted by molar-refractivity contribution is 5.87. The van der Waals surface area contributed by atoms with Crippen LogP contribution in [-0.2, 0) is 16.9 Å². The molecule has 2 N–H and O–H groups in total. The van der Waals surface area contributed by atoms with Gasteiger partial charge in [-0.25, -0.2) is 0 Å². The molecule has 1 aromatic heterocycles. The van der Waals surface area contributed by atoms with E-state index in [2.05, 4.69) is 0 Å². The van der Waals surface area contributed by atoms with E-state index in [9.17, 15) is 4.79 Å². The van der Waals surface area contributed by atoms with Gasteiger partial charge in [-0.1, -0.05) is 30.3 Å². The van der Waals surface area contributed by atoms with E-state index < -0.39 is 5.54 Å². The number of hydrogen-bond donors (Lipinski definition) is 1. The Morgan fingerprint density at radius 3 is 2.57 bits per heavy atom. The van der Waals surface area contributed by atoms with Gasteiger partial charge in [0.1, 0.15) is 11.3 Å². The van der Waals surface area contributed by atoms with Crippen molar-refractivity contribution in [2.45, 2.75) is 37.9 Å². The maximum absolute atomic E-state index is 12.9. The van der Waals surface area contributed by atoms with E-state index in [0.29, 0.717) is 6.54 Å². The van der Waals surface area contributed by atoms with Crippen molar-refractivity contribution in [2.75, 3.05) is 0 Å². The Bertz CT molecular complexity index is 601. The number of carbonyl (C=O) groups is 1. The zero-order chi connectivity index (χ0) is 14.9. The lowest BCUT2D eigenvalue weighted by molar-refractivity contribution is -0.138. The average molecular weight is 284 g/mol. The average Bonchev–Trinajstić information content (AvgIpc) is 3.21. The van der Waals surface area contributed by atoms with Crippen molar-refractivity contribution >= 4 is 5.91 Å². The van der Waals surface area contributed by atoms with Gasteiger partial charge in [0.05, 0.1) is 12.8 Å². The van der Waals surface area contributed by atoms with Crippen LogP contribution in [0.5, 0.6) is 0 Å². The molecule has 3 rings (SSSR count). The number of rotatable bonds is 5. The van der Waals surface area contributed by atoms with Gasteiger partial charge in [0.15, 0.2) is 0 Å². The molecule has 1 atom stereocenters. The normalized spacial score (nSPS) is 17.2. The molecule has 1 amide bonds. The summed E-state index contributed by atoms with van der Waals surface area (Å²) in [4.78, 5) is 14.8. The van der Waals surface area contributed by atoms with Crippen LogP contribution in [-0.4, -0.2) is 16.8 Å². The molecular weight excluding hydrogens is 264 g/mol. The van der Waals surface area contributed by atoms with Gasteiger partial charge in [-0.3, -0.25) is 4.79 Å². The molecule has 4 nitrogen and oxygen atoms in total. The lowest BCUT2D eigenvalue weighted by atomic mass is 9.91. The standard InChI is InChI=1S/C17H20N2O2/c1-17(18,13-6-3-2-4-7-13)16(20)19(14-9-10-14)12-15-8-5-11-21-15/h2-8,11,14H,9-10,12,18H2,1H3. The molecule has 1 fully saturated rings. The second-order valence-electron chi connectivity index (χ2n) is 5.81. The fraction of sp³-hybridized carbons (Fsp3) is 0.353. The van der Waals surface area contributed by atoms with Crippen LogP contribution in [0.3, 0.4) is 0 Å². The minimum Gasteiger partial charge on any atom is -0.467 e. The highest BCUT2D eigenvalue weighted by atomic mass is 16.3. The Kier molecular flexibility index (Phi) is 3.55. The van der Waals surface area contributed by atoms with Gasteiger partial charge in [0.25, 0.3) is 0 Å². The van der Waals surface area contributed by atoms with Crippen molar-refractivity contribution in [3.05, 3.63) is 60.1 Å². The maximum atomic E-state index is 12.9. The molecule has 0 radical (unpaired) electrons. The summed E-state index contributed by atoms with van der Waals surface area (Å²) in [6, 6.07) is 13.5. The number of carbonyl (C=O) groups excluding carboxylic acids is 1. The number of nitrogens with zero attached hydrogens (tertiary/aromatic N) is 1. The quantitative estimate of drug-likeness (QED) is 0.918. The molecule has 1 heterocycles. The first kappa shape index (κ1) is 13.9. The zero-order valence-corrected chi connectivity index (χ0v) is 12.2. The van der Waals surface area contributed by atoms with E-state index >= 15 is 0 Å². The molecule has 21 heavy (non-hydrogen) atoms. The second kappa shape index (κ2) is 5.37. The Hall–Kier alpha value is -2.07. The van der Waals surface area contributed by atoms with Crippen LogP contribution in [0.15, 0.2) is 53.1 Å². The summed E-state index contributed by atoms with van der Waals surface area (Å²) in [5.74, 6) is 0.742. The van der Waals surface area contributed by atoms with Crippen molar-refractivity contribution in [1.82, 2.24) is 4.90 Å². The molecule has 1 aliphatic rings. The number of nitrogens with two attached hydrogens (primary N) is 1. The SMILES string of the molecule is CC(N)(C(=O)N(Cc1ccco1)C1CC1)c1ccccc1. The van der Waals surface area contributed by atoms with Gasteiger partial charge < -0.3 is 15.1 Å². The van der Waals surface area contributed by atoms with Gasteiger partial charge in [-0.05, 0) is 37.5 Å². The third kappa shape index (κ3) is 2.85. The Labute approximate surface area is 124 Å². The Balaban J connectivity index is 1.83. The van der Waals surface area contributed by atoms with Gasteiger partial charge in [0, 0.05) is 6.04 Å². The largest absolute Gasteiger partial charge is 0.467 e. The van der Waals surface area contributed by atoms with Crippen molar-refractivity contribution < 1.29 is 9.21 Å². The monoisotopic (exact) mass is 284 g/mol. The summed E-state index contributed by atoms with van der Waals surface area (Å²) in [5.41, 5.74) is 6.17. The molecule has 0 bridgehead atoms. The van der Waals surface area contributed by atoms with E-state index in [-0.39, 0.29) is 11.9 Å². The number of amides is 1. The van der Waals surface area contributed by atoms with Crippen molar-refractivity contribution in [3.63, 3.8) is 0 Å². The van der Waals surface area contributed by atoms with Gasteiger partial charge in [-0.2, -0.15) is 0 Å². The first-order valence-corrected chi connectivity index (χ1v) is 7.27. The molecule has 2 aromatic rings. The summed E-state index contributed by atoms with van der Waals surface area (Å²) in [5, 5.41) is 0. The molecule has 1 aliphatic carbocycles. The summed E-state index contributed by atoms with van der Waals surface area (Å²) < 4.78 is 5.38. The number of hydrogen-bond acceptors (Lipinski definition) is 3. The summed E-state index contributed by atoms with van der Waals surface area (Å²) in [6.45, 7) is 2.26. The molecule has 1 unspecified atom stereocenters. The molecule has 0 aliphatic heterocycles. The van der Waals surface area contributed by atoms with Crippen LogP contribution in [0.25, 0.3) is 0 Å². The van der Waals surface area contributed by atoms with E-state index in [4.69, 9.17) is 10.2 Å². The third-order valence-corrected chi connectivity index (χ3v) is 3.97. The first-order chi connectivity index (χ1) is 10.1. The second-order valence-corrected chi connectivity index (χ2v) is 5.81. The van der Waals surface area contributed by atoms with Crippen LogP contribution >= 0.6 is 0 Å². The fourth-order valence-electron chi connectivity index (χ4n) is 2.53. The third-order valence-electron chi connectivity index (χ3n) is 3.97. The van der Waals surface area contributed by atoms with Crippen LogP contribution in [0.1, 0.15) is 31.1 Å². The summed E-state index contributed by atoms with van der Waals surface area (Å²) in [6.07, 6.45) is 3.71. The van der Waals surface area contributed by atoms with Gasteiger partial charge in [0.2, 0.25) is 5.91 Å². The highest BCUT2D eigenvalue weighted by Gasteiger charge is 2.41. The molecule has 0 spiro atoms. The van der Waals surface area contributed by atoms with Crippen LogP contribution in [0.4, 0.5) is 0 Å². The van der Waals surface area contributed by atoms with Crippen LogP contribution in [0, 0.1) is 0 Å². The van der Waals surface area contributed by atoms with E-state index in [1.807, 2.05) is 47.4 Å². The highest BCUT2D eigenvalue weighted by Crippen LogP contribution is 2.32. The van der Waals surface area contributed by atoms with Crippen molar-refractivity contribution in [2.24, 2.45) is 5.73 Å². The lowest BCUT2D eigenvalue weighted by Crippen LogP contribution is -2.51.